The number of benzene rings is 1. The minimum Gasteiger partial charge on any atom is -0.486 e. The molecule has 3 aliphatic heterocycles. The van der Waals surface area contributed by atoms with Gasteiger partial charge in [0.2, 0.25) is 11.8 Å². The second-order valence-corrected chi connectivity index (χ2v) is 11.0. The van der Waals surface area contributed by atoms with Crippen molar-refractivity contribution >= 4 is 24.2 Å². The van der Waals surface area contributed by atoms with Crippen molar-refractivity contribution in [3.63, 3.8) is 0 Å². The first-order valence-electron chi connectivity index (χ1n) is 13.9. The molecule has 1 aliphatic carbocycles. The van der Waals surface area contributed by atoms with Crippen molar-refractivity contribution in [3.8, 4) is 11.5 Å². The molecule has 8 nitrogen and oxygen atoms in total. The summed E-state index contributed by atoms with van der Waals surface area (Å²) in [6.07, 6.45) is 7.29. The number of piperidine rings is 1. The van der Waals surface area contributed by atoms with E-state index in [1.54, 1.807) is 0 Å². The number of para-hydroxylation sites is 2. The van der Waals surface area contributed by atoms with Crippen LogP contribution < -0.4 is 14.8 Å². The molecule has 37 heavy (non-hydrogen) atoms. The van der Waals surface area contributed by atoms with E-state index >= 15 is 0 Å². The van der Waals surface area contributed by atoms with Crippen LogP contribution in [-0.4, -0.2) is 83.3 Å². The van der Waals surface area contributed by atoms with Gasteiger partial charge in [0.15, 0.2) is 11.5 Å². The van der Waals surface area contributed by atoms with Gasteiger partial charge in [0.1, 0.15) is 24.3 Å². The molecule has 2 saturated heterocycles. The van der Waals surface area contributed by atoms with Crippen molar-refractivity contribution in [2.75, 3.05) is 32.8 Å². The molecule has 1 aromatic carbocycles. The van der Waals surface area contributed by atoms with Crippen LogP contribution in [0.4, 0.5) is 0 Å². The topological polar surface area (TPSA) is 91.3 Å². The van der Waals surface area contributed by atoms with Crippen LogP contribution in [0, 0.1) is 5.92 Å². The smallest absolute Gasteiger partial charge is 0.248 e. The van der Waals surface area contributed by atoms with Gasteiger partial charge in [0.05, 0.1) is 6.10 Å². The van der Waals surface area contributed by atoms with Crippen molar-refractivity contribution in [1.29, 1.82) is 0 Å². The van der Waals surface area contributed by atoms with Gasteiger partial charge >= 0.3 is 0 Å². The number of nitrogens with zero attached hydrogens (tertiary/aromatic N) is 2. The van der Waals surface area contributed by atoms with E-state index < -0.39 is 17.7 Å². The number of nitrogens with one attached hydrogen (secondary N) is 1. The minimum absolute atomic E-state index is 0. The molecule has 3 atom stereocenters. The van der Waals surface area contributed by atoms with Gasteiger partial charge in [0, 0.05) is 26.2 Å². The van der Waals surface area contributed by atoms with Crippen LogP contribution in [0.15, 0.2) is 24.3 Å². The molecule has 0 bridgehead atoms. The maximum absolute atomic E-state index is 13.8. The second-order valence-electron chi connectivity index (χ2n) is 11.0. The van der Waals surface area contributed by atoms with E-state index in [4.69, 9.17) is 9.47 Å². The lowest BCUT2D eigenvalue weighted by Gasteiger charge is -2.53. The summed E-state index contributed by atoms with van der Waals surface area (Å²) in [6.45, 7) is 5.30. The van der Waals surface area contributed by atoms with Gasteiger partial charge in [-0.3, -0.25) is 14.5 Å². The van der Waals surface area contributed by atoms with Crippen molar-refractivity contribution in [2.45, 2.75) is 88.5 Å². The molecule has 3 fully saturated rings. The Morgan fingerprint density at radius 2 is 1.81 bits per heavy atom. The van der Waals surface area contributed by atoms with Gasteiger partial charge in [-0.1, -0.05) is 44.7 Å². The number of aliphatic hydroxyl groups excluding tert-OH is 1. The van der Waals surface area contributed by atoms with Crippen molar-refractivity contribution in [2.24, 2.45) is 5.92 Å². The summed E-state index contributed by atoms with van der Waals surface area (Å²) >= 11 is 0. The SMILES string of the molecule is CCCCN1C(=O)[C@@H]([C@H](O)C2CCCCC2)NC(=O)C12CCN(CC1COc3ccccc3O1)CC2.Cl. The van der Waals surface area contributed by atoms with Crippen molar-refractivity contribution in [1.82, 2.24) is 15.1 Å². The van der Waals surface area contributed by atoms with Crippen molar-refractivity contribution in [3.05, 3.63) is 24.3 Å². The molecular weight excluding hydrogens is 494 g/mol. The highest BCUT2D eigenvalue weighted by atomic mass is 35.5. The van der Waals surface area contributed by atoms with Gasteiger partial charge in [-0.15, -0.1) is 12.4 Å². The Morgan fingerprint density at radius 3 is 2.51 bits per heavy atom. The van der Waals surface area contributed by atoms with Crippen LogP contribution in [0.3, 0.4) is 0 Å². The predicted octanol–water partition coefficient (Wildman–Crippen LogP) is 3.15. The second kappa shape index (κ2) is 12.2. The van der Waals surface area contributed by atoms with Crippen molar-refractivity contribution < 1.29 is 24.2 Å². The van der Waals surface area contributed by atoms with Gasteiger partial charge in [-0.05, 0) is 50.2 Å². The summed E-state index contributed by atoms with van der Waals surface area (Å²) in [5.74, 6) is 1.44. The summed E-state index contributed by atoms with van der Waals surface area (Å²) in [7, 11) is 0. The number of hydrogen-bond donors (Lipinski definition) is 2. The number of unbranched alkanes of at least 4 members (excludes halogenated alkanes) is 1. The van der Waals surface area contributed by atoms with E-state index in [2.05, 4.69) is 17.1 Å². The third-order valence-corrected chi connectivity index (χ3v) is 8.68. The monoisotopic (exact) mass is 535 g/mol. The standard InChI is InChI=1S/C28H41N3O5.ClH/c1-2-3-15-31-26(33)24(25(32)20-9-5-4-6-10-20)29-27(34)28(31)13-16-30(17-14-28)18-21-19-35-22-11-7-8-12-23(22)36-21;/h7-8,11-12,20-21,24-25,32H,2-6,9-10,13-19H2,1H3,(H,29,34);1H/t21?,24-,25-;/m1./s1. The zero-order valence-corrected chi connectivity index (χ0v) is 22.7. The van der Waals surface area contributed by atoms with Gasteiger partial charge < -0.3 is 24.8 Å². The number of carbonyl (C=O) groups is 2. The van der Waals surface area contributed by atoms with E-state index in [0.29, 0.717) is 39.1 Å². The fourth-order valence-corrected chi connectivity index (χ4v) is 6.50. The first-order chi connectivity index (χ1) is 17.5. The molecule has 1 unspecified atom stereocenters. The summed E-state index contributed by atoms with van der Waals surface area (Å²) in [6, 6.07) is 6.89. The van der Waals surface area contributed by atoms with Crippen LogP contribution in [0.25, 0.3) is 0 Å². The molecule has 0 radical (unpaired) electrons. The summed E-state index contributed by atoms with van der Waals surface area (Å²) in [5, 5.41) is 14.1. The zero-order valence-electron chi connectivity index (χ0n) is 21.9. The third-order valence-electron chi connectivity index (χ3n) is 8.68. The number of hydrogen-bond acceptors (Lipinski definition) is 6. The number of halogens is 1. The first kappa shape index (κ1) is 28.0. The Morgan fingerprint density at radius 1 is 1.11 bits per heavy atom. The van der Waals surface area contributed by atoms with Crippen LogP contribution in [0.2, 0.25) is 0 Å². The molecule has 9 heteroatoms. The Bertz CT molecular complexity index is 932. The fraction of sp³-hybridized carbons (Fsp3) is 0.714. The highest BCUT2D eigenvalue weighted by Crippen LogP contribution is 2.37. The molecule has 206 valence electrons. The molecule has 4 aliphatic rings. The third kappa shape index (κ3) is 5.71. The fourth-order valence-electron chi connectivity index (χ4n) is 6.50. The quantitative estimate of drug-likeness (QED) is 0.557. The van der Waals surface area contributed by atoms with Gasteiger partial charge in [-0.25, -0.2) is 0 Å². The largest absolute Gasteiger partial charge is 0.486 e. The summed E-state index contributed by atoms with van der Waals surface area (Å²) in [5.41, 5.74) is -0.831. The number of ether oxygens (including phenoxy) is 2. The average Bonchev–Trinajstić information content (AvgIpc) is 2.92. The maximum atomic E-state index is 13.8. The summed E-state index contributed by atoms with van der Waals surface area (Å²) in [4.78, 5) is 31.5. The summed E-state index contributed by atoms with van der Waals surface area (Å²) < 4.78 is 12.0. The van der Waals surface area contributed by atoms with E-state index in [0.717, 1.165) is 56.6 Å². The lowest BCUT2D eigenvalue weighted by Crippen LogP contribution is -2.75. The molecule has 1 aromatic rings. The lowest BCUT2D eigenvalue weighted by atomic mass is 9.78. The molecule has 2 amide bonds. The van der Waals surface area contributed by atoms with E-state index in [1.807, 2.05) is 29.2 Å². The molecule has 0 aromatic heterocycles. The molecular formula is C28H42ClN3O5. The average molecular weight is 536 g/mol. The van der Waals surface area contributed by atoms with Crippen LogP contribution in [0.1, 0.15) is 64.7 Å². The molecule has 3 heterocycles. The predicted molar refractivity (Wildman–Crippen MR) is 143 cm³/mol. The molecule has 2 N–H and O–H groups in total. The number of fused-ring (bicyclic) bond motifs is 1. The van der Waals surface area contributed by atoms with E-state index in [-0.39, 0.29) is 36.2 Å². The highest BCUT2D eigenvalue weighted by Gasteiger charge is 2.55. The maximum Gasteiger partial charge on any atom is 0.248 e. The lowest BCUT2D eigenvalue weighted by molar-refractivity contribution is -0.166. The van der Waals surface area contributed by atoms with Gasteiger partial charge in [-0.2, -0.15) is 0 Å². The number of carbonyl (C=O) groups excluding carboxylic acids is 2. The van der Waals surface area contributed by atoms with Crippen LogP contribution in [0.5, 0.6) is 11.5 Å². The number of rotatable bonds is 7. The molecule has 1 saturated carbocycles. The van der Waals surface area contributed by atoms with E-state index in [9.17, 15) is 14.7 Å². The number of aliphatic hydroxyl groups is 1. The molecule has 5 rings (SSSR count). The Kier molecular flexibility index (Phi) is 9.24. The number of piperazine rings is 1. The Balaban J connectivity index is 0.00000320. The number of amides is 2. The highest BCUT2D eigenvalue weighted by molar-refractivity contribution is 6.00. The molecule has 1 spiro atoms. The number of likely N-dealkylation sites (tertiary alicyclic amines) is 1. The van der Waals surface area contributed by atoms with E-state index in [1.165, 1.54) is 6.42 Å². The van der Waals surface area contributed by atoms with Crippen LogP contribution in [-0.2, 0) is 9.59 Å². The van der Waals surface area contributed by atoms with Crippen LogP contribution >= 0.6 is 12.4 Å². The van der Waals surface area contributed by atoms with Gasteiger partial charge in [0.25, 0.3) is 0 Å². The normalized spacial score (nSPS) is 26.9. The zero-order chi connectivity index (χ0) is 25.1. The Labute approximate surface area is 226 Å². The first-order valence-corrected chi connectivity index (χ1v) is 13.9. The minimum atomic E-state index is -0.831. The Hall–Kier alpha value is -2.03.